The van der Waals surface area contributed by atoms with Gasteiger partial charge in [0.05, 0.1) is 5.60 Å². The lowest BCUT2D eigenvalue weighted by molar-refractivity contribution is -0.175. The summed E-state index contributed by atoms with van der Waals surface area (Å²) in [7, 11) is 0. The van der Waals surface area contributed by atoms with Gasteiger partial charge >= 0.3 is 0 Å². The van der Waals surface area contributed by atoms with Crippen LogP contribution in [0.5, 0.6) is 0 Å². The molecule has 0 heterocycles. The highest BCUT2D eigenvalue weighted by Gasteiger charge is 2.61. The third kappa shape index (κ3) is 2.05. The van der Waals surface area contributed by atoms with Crippen LogP contribution < -0.4 is 0 Å². The number of Topliss-reactive ketones (excluding diaryl/α,β-unsaturated/α-hetero) is 1. The number of carbonyl (C=O) groups is 1. The van der Waals surface area contributed by atoms with E-state index in [0.717, 1.165) is 42.4 Å². The lowest BCUT2D eigenvalue weighted by Gasteiger charge is -2.65. The van der Waals surface area contributed by atoms with Crippen LogP contribution in [0.25, 0.3) is 0 Å². The Kier molecular flexibility index (Phi) is 3.32. The molecule has 0 radical (unpaired) electrons. The van der Waals surface area contributed by atoms with Crippen LogP contribution in [-0.2, 0) is 4.79 Å². The molecule has 1 N–H and O–H groups in total. The van der Waals surface area contributed by atoms with Crippen molar-refractivity contribution in [2.75, 3.05) is 0 Å². The molecule has 0 spiro atoms. The van der Waals surface area contributed by atoms with Crippen molar-refractivity contribution < 1.29 is 9.90 Å². The molecule has 0 aromatic heterocycles. The Morgan fingerprint density at radius 1 is 1.00 bits per heavy atom. The van der Waals surface area contributed by atoms with Crippen LogP contribution >= 0.6 is 0 Å². The molecule has 4 aliphatic carbocycles. The minimum atomic E-state index is -0.409. The molecular formula is C20H32O2. The lowest BCUT2D eigenvalue weighted by Crippen LogP contribution is -2.59. The topological polar surface area (TPSA) is 37.3 Å². The summed E-state index contributed by atoms with van der Waals surface area (Å²) in [6.07, 6.45) is 9.70. The molecule has 0 amide bonds. The van der Waals surface area contributed by atoms with Crippen molar-refractivity contribution in [3.05, 3.63) is 0 Å². The van der Waals surface area contributed by atoms with E-state index in [2.05, 4.69) is 6.92 Å². The van der Waals surface area contributed by atoms with Crippen molar-refractivity contribution in [1.29, 1.82) is 0 Å². The van der Waals surface area contributed by atoms with Gasteiger partial charge in [0.2, 0.25) is 0 Å². The molecule has 0 bridgehead atoms. The Morgan fingerprint density at radius 3 is 2.45 bits per heavy atom. The first kappa shape index (κ1) is 15.2. The number of hydrogen-bond acceptors (Lipinski definition) is 2. The molecule has 2 heteroatoms. The largest absolute Gasteiger partial charge is 0.390 e. The Hall–Kier alpha value is -0.370. The first-order chi connectivity index (χ1) is 10.3. The SMILES string of the molecule is CC(=O)[C@@H]1C[C@H]2[C@@H]3CC[C@H]4C[C@](C)(O)CC[C@@H]4[C@H]3CC[C@]12C. The van der Waals surface area contributed by atoms with E-state index in [0.29, 0.717) is 17.1 Å². The van der Waals surface area contributed by atoms with Gasteiger partial charge in [-0.2, -0.15) is 0 Å². The summed E-state index contributed by atoms with van der Waals surface area (Å²) in [5.41, 5.74) is -0.0899. The van der Waals surface area contributed by atoms with Crippen LogP contribution in [0, 0.1) is 40.9 Å². The smallest absolute Gasteiger partial charge is 0.133 e. The van der Waals surface area contributed by atoms with Crippen molar-refractivity contribution in [3.8, 4) is 0 Å². The zero-order valence-electron chi connectivity index (χ0n) is 14.5. The summed E-state index contributed by atoms with van der Waals surface area (Å²) >= 11 is 0. The number of fused-ring (bicyclic) bond motifs is 5. The van der Waals surface area contributed by atoms with E-state index in [4.69, 9.17) is 0 Å². The van der Waals surface area contributed by atoms with E-state index >= 15 is 0 Å². The molecule has 8 atom stereocenters. The first-order valence-corrected chi connectivity index (χ1v) is 9.55. The molecule has 2 nitrogen and oxygen atoms in total. The summed E-state index contributed by atoms with van der Waals surface area (Å²) in [6, 6.07) is 0. The minimum Gasteiger partial charge on any atom is -0.390 e. The van der Waals surface area contributed by atoms with Crippen LogP contribution in [0.4, 0.5) is 0 Å². The molecule has 4 saturated carbocycles. The molecule has 4 aliphatic rings. The maximum absolute atomic E-state index is 11.9. The van der Waals surface area contributed by atoms with Crippen molar-refractivity contribution in [2.45, 2.75) is 77.7 Å². The van der Waals surface area contributed by atoms with Crippen LogP contribution in [-0.4, -0.2) is 16.5 Å². The minimum absolute atomic E-state index is 0.319. The van der Waals surface area contributed by atoms with E-state index in [1.54, 1.807) is 6.92 Å². The quantitative estimate of drug-likeness (QED) is 0.788. The summed E-state index contributed by atoms with van der Waals surface area (Å²) in [5, 5.41) is 10.4. The van der Waals surface area contributed by atoms with E-state index < -0.39 is 5.60 Å². The Morgan fingerprint density at radius 2 is 1.73 bits per heavy atom. The average molecular weight is 304 g/mol. The van der Waals surface area contributed by atoms with Crippen molar-refractivity contribution in [1.82, 2.24) is 0 Å². The van der Waals surface area contributed by atoms with E-state index in [1.807, 2.05) is 6.92 Å². The summed E-state index contributed by atoms with van der Waals surface area (Å²) in [6.45, 7) is 6.25. The van der Waals surface area contributed by atoms with Gasteiger partial charge < -0.3 is 5.11 Å². The second-order valence-electron chi connectivity index (χ2n) is 9.62. The number of rotatable bonds is 1. The first-order valence-electron chi connectivity index (χ1n) is 9.55. The zero-order chi connectivity index (χ0) is 15.7. The summed E-state index contributed by atoms with van der Waals surface area (Å²) < 4.78 is 0. The van der Waals surface area contributed by atoms with Crippen LogP contribution in [0.3, 0.4) is 0 Å². The van der Waals surface area contributed by atoms with Crippen molar-refractivity contribution >= 4 is 5.78 Å². The highest BCUT2D eigenvalue weighted by Crippen LogP contribution is 2.67. The zero-order valence-corrected chi connectivity index (χ0v) is 14.5. The molecule has 4 rings (SSSR count). The molecule has 22 heavy (non-hydrogen) atoms. The molecule has 124 valence electrons. The highest BCUT2D eigenvalue weighted by molar-refractivity contribution is 5.80. The third-order valence-electron chi connectivity index (χ3n) is 8.45. The van der Waals surface area contributed by atoms with Gasteiger partial charge in [-0.1, -0.05) is 6.92 Å². The normalized spacial score (nSPS) is 57.1. The third-order valence-corrected chi connectivity index (χ3v) is 8.45. The predicted molar refractivity (Wildman–Crippen MR) is 87.3 cm³/mol. The highest BCUT2D eigenvalue weighted by atomic mass is 16.3. The fourth-order valence-electron chi connectivity index (χ4n) is 7.30. The van der Waals surface area contributed by atoms with Gasteiger partial charge in [0.25, 0.3) is 0 Å². The second-order valence-corrected chi connectivity index (χ2v) is 9.62. The molecule has 0 aliphatic heterocycles. The van der Waals surface area contributed by atoms with Gasteiger partial charge in [0.1, 0.15) is 5.78 Å². The molecular weight excluding hydrogens is 272 g/mol. The molecule has 0 aromatic carbocycles. The van der Waals surface area contributed by atoms with Crippen LogP contribution in [0.1, 0.15) is 72.1 Å². The number of carbonyl (C=O) groups excluding carboxylic acids is 1. The summed E-state index contributed by atoms with van der Waals surface area (Å²) in [5.74, 6) is 4.98. The molecule has 4 fully saturated rings. The van der Waals surface area contributed by atoms with Gasteiger partial charge in [-0.25, -0.2) is 0 Å². The maximum Gasteiger partial charge on any atom is 0.133 e. The Labute approximate surface area is 135 Å². The van der Waals surface area contributed by atoms with Gasteiger partial charge in [0, 0.05) is 5.92 Å². The Bertz CT molecular complexity index is 482. The molecule has 0 unspecified atom stereocenters. The molecule has 0 aromatic rings. The van der Waals surface area contributed by atoms with E-state index in [9.17, 15) is 9.90 Å². The van der Waals surface area contributed by atoms with Gasteiger partial charge in [-0.15, -0.1) is 0 Å². The standard InChI is InChI=1S/C20H32O2/c1-12(21)17-10-18-16-5-4-13-11-19(2,22)8-6-14(13)15(16)7-9-20(17,18)3/h13-18,22H,4-11H2,1-3H3/t13-,14-,15+,16+,17-,18-,19+,20+/m0/s1. The Balaban J connectivity index is 1.52. The molecule has 0 saturated heterocycles. The number of hydrogen-bond donors (Lipinski definition) is 1. The number of ketones is 1. The fraction of sp³-hybridized carbons (Fsp3) is 0.950. The fourth-order valence-corrected chi connectivity index (χ4v) is 7.30. The maximum atomic E-state index is 11.9. The van der Waals surface area contributed by atoms with Gasteiger partial charge in [0.15, 0.2) is 0 Å². The summed E-state index contributed by atoms with van der Waals surface area (Å²) in [4.78, 5) is 11.9. The predicted octanol–water partition coefficient (Wildman–Crippen LogP) is 4.21. The van der Waals surface area contributed by atoms with E-state index in [-0.39, 0.29) is 0 Å². The van der Waals surface area contributed by atoms with Crippen molar-refractivity contribution in [3.63, 3.8) is 0 Å². The van der Waals surface area contributed by atoms with Gasteiger partial charge in [-0.05, 0) is 100 Å². The van der Waals surface area contributed by atoms with Crippen LogP contribution in [0.15, 0.2) is 0 Å². The van der Waals surface area contributed by atoms with Crippen molar-refractivity contribution in [2.24, 2.45) is 40.9 Å². The second kappa shape index (κ2) is 4.82. The lowest BCUT2D eigenvalue weighted by atomic mass is 9.40. The monoisotopic (exact) mass is 304 g/mol. The van der Waals surface area contributed by atoms with E-state index in [1.165, 1.54) is 38.5 Å². The average Bonchev–Trinajstić information content (AvgIpc) is 2.41. The van der Waals surface area contributed by atoms with Gasteiger partial charge in [-0.3, -0.25) is 4.79 Å². The van der Waals surface area contributed by atoms with Crippen LogP contribution in [0.2, 0.25) is 0 Å². The number of aliphatic hydroxyl groups is 1.